The summed E-state index contributed by atoms with van der Waals surface area (Å²) >= 11 is 0. The third kappa shape index (κ3) is 4.56. The normalized spacial score (nSPS) is 19.8. The fourth-order valence-corrected chi connectivity index (χ4v) is 1.72. The highest BCUT2D eigenvalue weighted by Crippen LogP contribution is 2.11. The lowest BCUT2D eigenvalue weighted by Gasteiger charge is -2.32. The standard InChI is InChI=1S/C12H19NO4/c1-3-4-5-11(14)13-6-7-17-10(9-13)8-12(15)16-2/h3,10H,1,4-9H2,2H3. The third-order valence-corrected chi connectivity index (χ3v) is 2.68. The van der Waals surface area contributed by atoms with E-state index in [1.165, 1.54) is 7.11 Å². The summed E-state index contributed by atoms with van der Waals surface area (Å²) < 4.78 is 10.00. The Morgan fingerprint density at radius 3 is 3.00 bits per heavy atom. The molecule has 0 aromatic rings. The van der Waals surface area contributed by atoms with Crippen molar-refractivity contribution in [1.82, 2.24) is 4.90 Å². The van der Waals surface area contributed by atoms with Gasteiger partial charge in [-0.1, -0.05) is 6.08 Å². The van der Waals surface area contributed by atoms with Gasteiger partial charge in [-0.05, 0) is 6.42 Å². The highest BCUT2D eigenvalue weighted by molar-refractivity contribution is 5.76. The summed E-state index contributed by atoms with van der Waals surface area (Å²) in [5, 5.41) is 0. The smallest absolute Gasteiger partial charge is 0.308 e. The van der Waals surface area contributed by atoms with Crippen LogP contribution in [0.5, 0.6) is 0 Å². The van der Waals surface area contributed by atoms with Gasteiger partial charge in [0.2, 0.25) is 5.91 Å². The lowest BCUT2D eigenvalue weighted by atomic mass is 10.2. The zero-order valence-corrected chi connectivity index (χ0v) is 10.2. The van der Waals surface area contributed by atoms with Crippen molar-refractivity contribution in [2.24, 2.45) is 0 Å². The van der Waals surface area contributed by atoms with Crippen molar-refractivity contribution in [3.8, 4) is 0 Å². The Labute approximate surface area is 101 Å². The van der Waals surface area contributed by atoms with E-state index >= 15 is 0 Å². The van der Waals surface area contributed by atoms with Gasteiger partial charge in [0.25, 0.3) is 0 Å². The summed E-state index contributed by atoms with van der Waals surface area (Å²) in [7, 11) is 1.35. The molecule has 0 aliphatic carbocycles. The van der Waals surface area contributed by atoms with Crippen molar-refractivity contribution < 1.29 is 19.1 Å². The molecule has 1 heterocycles. The minimum absolute atomic E-state index is 0.0862. The molecule has 1 rings (SSSR count). The van der Waals surface area contributed by atoms with Crippen LogP contribution in [0.4, 0.5) is 0 Å². The molecule has 1 saturated heterocycles. The van der Waals surface area contributed by atoms with Gasteiger partial charge in [-0.2, -0.15) is 0 Å². The van der Waals surface area contributed by atoms with Gasteiger partial charge in [-0.15, -0.1) is 6.58 Å². The van der Waals surface area contributed by atoms with E-state index in [-0.39, 0.29) is 24.4 Å². The SMILES string of the molecule is C=CCCC(=O)N1CCOC(CC(=O)OC)C1. The Bertz CT molecular complexity index is 290. The number of carbonyl (C=O) groups is 2. The quantitative estimate of drug-likeness (QED) is 0.526. The van der Waals surface area contributed by atoms with E-state index < -0.39 is 0 Å². The van der Waals surface area contributed by atoms with Crippen molar-refractivity contribution in [2.75, 3.05) is 26.8 Å². The van der Waals surface area contributed by atoms with Crippen LogP contribution in [0, 0.1) is 0 Å². The molecule has 0 bridgehead atoms. The van der Waals surface area contributed by atoms with E-state index in [0.717, 1.165) is 0 Å². The molecule has 1 aliphatic rings. The molecule has 17 heavy (non-hydrogen) atoms. The van der Waals surface area contributed by atoms with Gasteiger partial charge in [0.15, 0.2) is 0 Å². The zero-order chi connectivity index (χ0) is 12.7. The number of amides is 1. The lowest BCUT2D eigenvalue weighted by Crippen LogP contribution is -2.46. The average molecular weight is 241 g/mol. The molecular weight excluding hydrogens is 222 g/mol. The van der Waals surface area contributed by atoms with E-state index in [9.17, 15) is 9.59 Å². The topological polar surface area (TPSA) is 55.8 Å². The summed E-state index contributed by atoms with van der Waals surface area (Å²) in [4.78, 5) is 24.6. The number of ether oxygens (including phenoxy) is 2. The fourth-order valence-electron chi connectivity index (χ4n) is 1.72. The molecule has 0 spiro atoms. The number of hydrogen-bond acceptors (Lipinski definition) is 4. The monoisotopic (exact) mass is 241 g/mol. The number of methoxy groups -OCH3 is 1. The van der Waals surface area contributed by atoms with Crippen molar-refractivity contribution in [3.05, 3.63) is 12.7 Å². The molecular formula is C12H19NO4. The van der Waals surface area contributed by atoms with Crippen LogP contribution in [0.2, 0.25) is 0 Å². The van der Waals surface area contributed by atoms with Crippen molar-refractivity contribution in [2.45, 2.75) is 25.4 Å². The third-order valence-electron chi connectivity index (χ3n) is 2.68. The summed E-state index contributed by atoms with van der Waals surface area (Å²) in [5.74, 6) is -0.224. The van der Waals surface area contributed by atoms with E-state index in [1.807, 2.05) is 0 Å². The Morgan fingerprint density at radius 2 is 2.35 bits per heavy atom. The molecule has 1 fully saturated rings. The maximum absolute atomic E-state index is 11.8. The van der Waals surface area contributed by atoms with Gasteiger partial charge < -0.3 is 14.4 Å². The maximum Gasteiger partial charge on any atom is 0.308 e. The van der Waals surface area contributed by atoms with Crippen LogP contribution in [0.3, 0.4) is 0 Å². The van der Waals surface area contributed by atoms with Gasteiger partial charge in [0.05, 0.1) is 26.2 Å². The molecule has 0 aromatic heterocycles. The molecule has 0 N–H and O–H groups in total. The number of hydrogen-bond donors (Lipinski definition) is 0. The minimum atomic E-state index is -0.310. The Morgan fingerprint density at radius 1 is 1.59 bits per heavy atom. The Balaban J connectivity index is 2.40. The number of allylic oxidation sites excluding steroid dienone is 1. The number of esters is 1. The van der Waals surface area contributed by atoms with Gasteiger partial charge in [-0.3, -0.25) is 9.59 Å². The second kappa shape index (κ2) is 7.06. The van der Waals surface area contributed by atoms with Gasteiger partial charge in [0.1, 0.15) is 0 Å². The highest BCUT2D eigenvalue weighted by Gasteiger charge is 2.25. The minimum Gasteiger partial charge on any atom is -0.469 e. The molecule has 0 saturated carbocycles. The zero-order valence-electron chi connectivity index (χ0n) is 10.2. The van der Waals surface area contributed by atoms with Crippen LogP contribution in [0.25, 0.3) is 0 Å². The predicted octanol–water partition coefficient (Wildman–Crippen LogP) is 0.743. The molecule has 5 nitrogen and oxygen atoms in total. The predicted molar refractivity (Wildman–Crippen MR) is 62.4 cm³/mol. The molecule has 1 unspecified atom stereocenters. The Kier molecular flexibility index (Phi) is 5.69. The van der Waals surface area contributed by atoms with E-state index in [4.69, 9.17) is 4.74 Å². The van der Waals surface area contributed by atoms with Crippen molar-refractivity contribution in [3.63, 3.8) is 0 Å². The van der Waals surface area contributed by atoms with E-state index in [0.29, 0.717) is 32.5 Å². The van der Waals surface area contributed by atoms with Crippen LogP contribution >= 0.6 is 0 Å². The molecule has 96 valence electrons. The first-order valence-corrected chi connectivity index (χ1v) is 5.74. The number of carbonyl (C=O) groups excluding carboxylic acids is 2. The summed E-state index contributed by atoms with van der Waals surface area (Å²) in [6, 6.07) is 0. The van der Waals surface area contributed by atoms with Crippen LogP contribution in [-0.2, 0) is 19.1 Å². The second-order valence-corrected chi connectivity index (χ2v) is 3.94. The van der Waals surface area contributed by atoms with Gasteiger partial charge in [0, 0.05) is 19.5 Å². The van der Waals surface area contributed by atoms with E-state index in [1.54, 1.807) is 11.0 Å². The number of rotatable bonds is 5. The largest absolute Gasteiger partial charge is 0.469 e. The van der Waals surface area contributed by atoms with Gasteiger partial charge >= 0.3 is 5.97 Å². The molecule has 0 aromatic carbocycles. The molecule has 5 heteroatoms. The average Bonchev–Trinajstić information content (AvgIpc) is 2.36. The first kappa shape index (κ1) is 13.7. The Hall–Kier alpha value is -1.36. The highest BCUT2D eigenvalue weighted by atomic mass is 16.5. The molecule has 1 amide bonds. The summed E-state index contributed by atoms with van der Waals surface area (Å²) in [6.07, 6.45) is 2.82. The lowest BCUT2D eigenvalue weighted by molar-refractivity contribution is -0.150. The first-order chi connectivity index (χ1) is 8.17. The van der Waals surface area contributed by atoms with Gasteiger partial charge in [-0.25, -0.2) is 0 Å². The molecule has 0 radical (unpaired) electrons. The summed E-state index contributed by atoms with van der Waals surface area (Å²) in [6.45, 7) is 5.11. The van der Waals surface area contributed by atoms with Crippen LogP contribution in [0.1, 0.15) is 19.3 Å². The van der Waals surface area contributed by atoms with Crippen LogP contribution in [0.15, 0.2) is 12.7 Å². The van der Waals surface area contributed by atoms with Crippen LogP contribution < -0.4 is 0 Å². The number of nitrogens with zero attached hydrogens (tertiary/aromatic N) is 1. The summed E-state index contributed by atoms with van der Waals surface area (Å²) in [5.41, 5.74) is 0. The van der Waals surface area contributed by atoms with E-state index in [2.05, 4.69) is 11.3 Å². The number of morpholine rings is 1. The molecule has 1 atom stereocenters. The maximum atomic E-state index is 11.8. The first-order valence-electron chi connectivity index (χ1n) is 5.74. The van der Waals surface area contributed by atoms with Crippen molar-refractivity contribution in [1.29, 1.82) is 0 Å². The van der Waals surface area contributed by atoms with Crippen LogP contribution in [-0.4, -0.2) is 49.7 Å². The fraction of sp³-hybridized carbons (Fsp3) is 0.667. The van der Waals surface area contributed by atoms with Crippen molar-refractivity contribution >= 4 is 11.9 Å². The second-order valence-electron chi connectivity index (χ2n) is 3.94. The molecule has 1 aliphatic heterocycles.